The Morgan fingerprint density at radius 1 is 0.923 bits per heavy atom. The molecule has 0 atom stereocenters. The van der Waals surface area contributed by atoms with E-state index in [-0.39, 0.29) is 5.96 Å². The van der Waals surface area contributed by atoms with Gasteiger partial charge in [-0.25, -0.2) is 14.4 Å². The van der Waals surface area contributed by atoms with Gasteiger partial charge in [-0.15, -0.1) is 0 Å². The van der Waals surface area contributed by atoms with Gasteiger partial charge < -0.3 is 11.5 Å². The van der Waals surface area contributed by atoms with Crippen molar-refractivity contribution >= 4 is 5.96 Å². The molecule has 72 valence electrons. The molecule has 0 unspecified atom stereocenters. The van der Waals surface area contributed by atoms with Crippen LogP contribution in [0.3, 0.4) is 0 Å². The predicted molar refractivity (Wildman–Crippen MR) is 44.4 cm³/mol. The van der Waals surface area contributed by atoms with E-state index in [1.54, 1.807) is 15.0 Å². The molecule has 0 amide bonds. The van der Waals surface area contributed by atoms with Gasteiger partial charge in [-0.3, -0.25) is 20.4 Å². The smallest absolute Gasteiger partial charge is 0.330 e. The lowest BCUT2D eigenvalue weighted by Crippen LogP contribution is -2.34. The average molecular weight is 188 g/mol. The molecule has 0 aliphatic heterocycles. The molecule has 0 aliphatic carbocycles. The first-order chi connectivity index (χ1) is 5.91. The summed E-state index contributed by atoms with van der Waals surface area (Å²) in [5.74, 6) is -0.333. The highest BCUT2D eigenvalue weighted by Crippen LogP contribution is 1.29. The van der Waals surface area contributed by atoms with Crippen LogP contribution in [0.4, 0.5) is 0 Å². The van der Waals surface area contributed by atoms with Crippen molar-refractivity contribution in [2.24, 2.45) is 11.5 Å². The Labute approximate surface area is 70.3 Å². The van der Waals surface area contributed by atoms with Gasteiger partial charge in [0.25, 0.3) is 0 Å². The maximum atomic E-state index is 10.2. The Morgan fingerprint density at radius 3 is 1.23 bits per heavy atom. The Morgan fingerprint density at radius 2 is 1.08 bits per heavy atom. The van der Waals surface area contributed by atoms with Crippen LogP contribution in [0.1, 0.15) is 0 Å². The van der Waals surface area contributed by atoms with Crippen molar-refractivity contribution in [3.8, 4) is 0 Å². The Kier molecular flexibility index (Phi) is 3.73. The van der Waals surface area contributed by atoms with Crippen molar-refractivity contribution in [3.63, 3.8) is 0 Å². The number of guanidine groups is 1. The number of aromatic nitrogens is 3. The minimum Gasteiger partial charge on any atom is -0.370 e. The van der Waals surface area contributed by atoms with Gasteiger partial charge in [-0.1, -0.05) is 0 Å². The van der Waals surface area contributed by atoms with E-state index in [1.807, 2.05) is 0 Å². The van der Waals surface area contributed by atoms with Gasteiger partial charge >= 0.3 is 17.1 Å². The van der Waals surface area contributed by atoms with Crippen LogP contribution in [0.15, 0.2) is 14.4 Å². The molecular formula is C4H8N6O3. The lowest BCUT2D eigenvalue weighted by molar-refractivity contribution is 0.888. The van der Waals surface area contributed by atoms with E-state index < -0.39 is 17.1 Å². The third kappa shape index (κ3) is 6.09. The zero-order valence-electron chi connectivity index (χ0n) is 6.38. The van der Waals surface area contributed by atoms with Crippen LogP contribution in [0.25, 0.3) is 0 Å². The van der Waals surface area contributed by atoms with Gasteiger partial charge in [0.05, 0.1) is 0 Å². The van der Waals surface area contributed by atoms with E-state index >= 15 is 0 Å². The fraction of sp³-hybridized carbons (Fsp3) is 0. The van der Waals surface area contributed by atoms with E-state index in [1.165, 1.54) is 0 Å². The summed E-state index contributed by atoms with van der Waals surface area (Å²) >= 11 is 0. The zero-order valence-corrected chi connectivity index (χ0v) is 6.38. The highest BCUT2D eigenvalue weighted by atomic mass is 16.2. The van der Waals surface area contributed by atoms with E-state index in [9.17, 15) is 14.4 Å². The summed E-state index contributed by atoms with van der Waals surface area (Å²) in [6.45, 7) is 0. The SMILES string of the molecule is N=C(N)N.O=c1[nH]c(=O)[nH]c(=O)[nH]1. The molecule has 1 rings (SSSR count). The van der Waals surface area contributed by atoms with E-state index in [0.29, 0.717) is 0 Å². The molecule has 0 aromatic carbocycles. The first-order valence-electron chi connectivity index (χ1n) is 2.94. The normalized spacial score (nSPS) is 8.31. The highest BCUT2D eigenvalue weighted by molar-refractivity contribution is 5.71. The maximum absolute atomic E-state index is 10.2. The molecule has 0 saturated carbocycles. The van der Waals surface area contributed by atoms with E-state index in [0.717, 1.165) is 0 Å². The van der Waals surface area contributed by atoms with Gasteiger partial charge in [-0.2, -0.15) is 0 Å². The number of rotatable bonds is 0. The summed E-state index contributed by atoms with van der Waals surface area (Å²) < 4.78 is 0. The molecule has 1 heterocycles. The first-order valence-corrected chi connectivity index (χ1v) is 2.94. The van der Waals surface area contributed by atoms with Gasteiger partial charge in [0.1, 0.15) is 0 Å². The number of aromatic amines is 3. The molecule has 8 N–H and O–H groups in total. The second-order valence-corrected chi connectivity index (χ2v) is 1.82. The van der Waals surface area contributed by atoms with Crippen LogP contribution < -0.4 is 28.5 Å². The molecular weight excluding hydrogens is 180 g/mol. The van der Waals surface area contributed by atoms with Crippen molar-refractivity contribution < 1.29 is 0 Å². The summed E-state index contributed by atoms with van der Waals surface area (Å²) in [5.41, 5.74) is 6.54. The van der Waals surface area contributed by atoms with Crippen molar-refractivity contribution in [2.45, 2.75) is 0 Å². The van der Waals surface area contributed by atoms with Crippen LogP contribution in [-0.2, 0) is 0 Å². The molecule has 0 radical (unpaired) electrons. The minimum absolute atomic E-state index is 0.333. The van der Waals surface area contributed by atoms with Crippen molar-refractivity contribution in [1.82, 2.24) is 15.0 Å². The Bertz CT molecular complexity index is 355. The van der Waals surface area contributed by atoms with Crippen molar-refractivity contribution in [1.29, 1.82) is 5.41 Å². The molecule has 0 saturated heterocycles. The quantitative estimate of drug-likeness (QED) is 0.183. The lowest BCUT2D eigenvalue weighted by atomic mass is 11.0. The number of H-pyrrole nitrogens is 3. The molecule has 13 heavy (non-hydrogen) atoms. The third-order valence-electron chi connectivity index (χ3n) is 0.681. The molecule has 9 heteroatoms. The molecule has 9 nitrogen and oxygen atoms in total. The molecule has 1 aromatic rings. The fourth-order valence-electron chi connectivity index (χ4n) is 0.403. The average Bonchev–Trinajstić information content (AvgIpc) is 1.80. The standard InChI is InChI=1S/C3H3N3O3.CH5N3/c7-1-4-2(8)6-3(9)5-1;2-1(3)4/h(H3,4,5,6,7,8,9);(H5,2,3,4). The highest BCUT2D eigenvalue weighted by Gasteiger charge is 1.84. The van der Waals surface area contributed by atoms with Gasteiger partial charge in [0.2, 0.25) is 0 Å². The Balaban J connectivity index is 0.000000310. The van der Waals surface area contributed by atoms with Crippen molar-refractivity contribution in [2.75, 3.05) is 0 Å². The van der Waals surface area contributed by atoms with Crippen LogP contribution >= 0.6 is 0 Å². The summed E-state index contributed by atoms with van der Waals surface area (Å²) in [4.78, 5) is 35.9. The largest absolute Gasteiger partial charge is 0.370 e. The van der Waals surface area contributed by atoms with E-state index in [4.69, 9.17) is 5.41 Å². The summed E-state index contributed by atoms with van der Waals surface area (Å²) in [6, 6.07) is 0. The second-order valence-electron chi connectivity index (χ2n) is 1.82. The predicted octanol–water partition coefficient (Wildman–Crippen LogP) is -3.41. The topological polar surface area (TPSA) is 174 Å². The van der Waals surface area contributed by atoms with Crippen LogP contribution in [0.2, 0.25) is 0 Å². The maximum Gasteiger partial charge on any atom is 0.330 e. The van der Waals surface area contributed by atoms with Crippen LogP contribution in [-0.4, -0.2) is 20.9 Å². The number of nitrogens with two attached hydrogens (primary N) is 2. The van der Waals surface area contributed by atoms with E-state index in [2.05, 4.69) is 11.5 Å². The number of nitrogens with one attached hydrogen (secondary N) is 4. The molecule has 0 bridgehead atoms. The lowest BCUT2D eigenvalue weighted by Gasteiger charge is -1.77. The summed E-state index contributed by atoms with van der Waals surface area (Å²) in [7, 11) is 0. The van der Waals surface area contributed by atoms with Crippen LogP contribution in [0, 0.1) is 5.41 Å². The van der Waals surface area contributed by atoms with Crippen LogP contribution in [0.5, 0.6) is 0 Å². The Hall–Kier alpha value is -2.32. The first kappa shape index (κ1) is 10.7. The monoisotopic (exact) mass is 188 g/mol. The van der Waals surface area contributed by atoms with Gasteiger partial charge in [-0.05, 0) is 0 Å². The van der Waals surface area contributed by atoms with Crippen molar-refractivity contribution in [3.05, 3.63) is 31.5 Å². The molecule has 0 fully saturated rings. The second kappa shape index (κ2) is 4.54. The molecule has 0 aliphatic rings. The molecule has 0 spiro atoms. The zero-order chi connectivity index (χ0) is 10.4. The fourth-order valence-corrected chi connectivity index (χ4v) is 0.403. The third-order valence-corrected chi connectivity index (χ3v) is 0.681. The number of hydrogen-bond donors (Lipinski definition) is 6. The number of hydrogen-bond acceptors (Lipinski definition) is 4. The summed E-state index contributed by atoms with van der Waals surface area (Å²) in [6.07, 6.45) is 0. The minimum atomic E-state index is -0.802. The van der Waals surface area contributed by atoms with Gasteiger partial charge in [0.15, 0.2) is 5.96 Å². The van der Waals surface area contributed by atoms with Gasteiger partial charge in [0, 0.05) is 0 Å². The molecule has 1 aromatic heterocycles. The summed E-state index contributed by atoms with van der Waals surface area (Å²) in [5, 5.41) is 6.06.